The molecule has 3 aromatic rings. The van der Waals surface area contributed by atoms with E-state index in [9.17, 15) is 19.7 Å². The molecule has 0 saturated carbocycles. The third-order valence-electron chi connectivity index (χ3n) is 6.75. The van der Waals surface area contributed by atoms with E-state index in [1.54, 1.807) is 54.6 Å². The Morgan fingerprint density at radius 1 is 1.11 bits per heavy atom. The lowest BCUT2D eigenvalue weighted by molar-refractivity contribution is -0.384. The molecule has 1 fully saturated rings. The number of carbonyl (C=O) groups excluding carboxylic acids is 2. The fourth-order valence-corrected chi connectivity index (χ4v) is 4.81. The minimum atomic E-state index is -0.816. The number of rotatable bonds is 7. The first-order chi connectivity index (χ1) is 20.5. The highest BCUT2D eigenvalue weighted by molar-refractivity contribution is 5.87. The Morgan fingerprint density at radius 3 is 2.45 bits per heavy atom. The van der Waals surface area contributed by atoms with Crippen molar-refractivity contribution in [3.63, 3.8) is 0 Å². The molecule has 1 atom stereocenters. The lowest BCUT2D eigenvalue weighted by atomic mass is 10.1. The molecule has 13 nitrogen and oxygen atoms in total. The zero-order chi connectivity index (χ0) is 32.4. The summed E-state index contributed by atoms with van der Waals surface area (Å²) < 4.78 is 19.3. The van der Waals surface area contributed by atoms with Crippen LogP contribution in [0.5, 0.6) is 5.88 Å². The first-order valence-electron chi connectivity index (χ1n) is 14.8. The second kappa shape index (κ2) is 12.7. The van der Waals surface area contributed by atoms with E-state index in [1.807, 2.05) is 34.6 Å². The number of anilines is 1. The van der Waals surface area contributed by atoms with E-state index in [0.717, 1.165) is 12.0 Å². The maximum atomic E-state index is 13.7. The van der Waals surface area contributed by atoms with Crippen LogP contribution in [0.2, 0.25) is 0 Å². The average molecular weight is 611 g/mol. The molecular formula is C31H42N6O7. The quantitative estimate of drug-likeness (QED) is 0.217. The number of aromatic nitrogens is 3. The minimum Gasteiger partial charge on any atom is -0.472 e. The van der Waals surface area contributed by atoms with Crippen molar-refractivity contribution in [2.45, 2.75) is 98.0 Å². The molecule has 13 heteroatoms. The summed E-state index contributed by atoms with van der Waals surface area (Å²) in [6.07, 6.45) is 1.68. The minimum absolute atomic E-state index is 0.0398. The van der Waals surface area contributed by atoms with Crippen LogP contribution in [0.4, 0.5) is 21.1 Å². The van der Waals surface area contributed by atoms with E-state index in [4.69, 9.17) is 19.2 Å². The van der Waals surface area contributed by atoms with Crippen molar-refractivity contribution < 1.29 is 28.7 Å². The highest BCUT2D eigenvalue weighted by atomic mass is 16.6. The van der Waals surface area contributed by atoms with Gasteiger partial charge in [0.1, 0.15) is 23.1 Å². The molecule has 1 aromatic carbocycles. The van der Waals surface area contributed by atoms with Crippen LogP contribution in [-0.4, -0.2) is 67.0 Å². The van der Waals surface area contributed by atoms with E-state index in [-0.39, 0.29) is 30.1 Å². The van der Waals surface area contributed by atoms with Crippen molar-refractivity contribution in [3.05, 3.63) is 57.8 Å². The molecule has 0 unspecified atom stereocenters. The number of carbonyl (C=O) groups is 2. The number of hydrogen-bond acceptors (Lipinski definition) is 9. The number of nitrogens with zero attached hydrogens (tertiary/aromatic N) is 6. The van der Waals surface area contributed by atoms with E-state index >= 15 is 0 Å². The number of nitro benzene ring substituents is 1. The zero-order valence-electron chi connectivity index (χ0n) is 26.7. The first-order valence-corrected chi connectivity index (χ1v) is 14.8. The molecule has 2 amide bonds. The molecular weight excluding hydrogens is 568 g/mol. The van der Waals surface area contributed by atoms with Crippen molar-refractivity contribution in [2.75, 3.05) is 18.0 Å². The van der Waals surface area contributed by atoms with Gasteiger partial charge in [0.2, 0.25) is 5.88 Å². The molecule has 1 aliphatic rings. The maximum absolute atomic E-state index is 13.7. The van der Waals surface area contributed by atoms with Gasteiger partial charge in [0.05, 0.1) is 24.2 Å². The lowest BCUT2D eigenvalue weighted by Crippen LogP contribution is -2.46. The van der Waals surface area contributed by atoms with E-state index in [0.29, 0.717) is 36.5 Å². The fraction of sp³-hybridized carbons (Fsp3) is 0.548. The molecule has 0 spiro atoms. The molecule has 0 bridgehead atoms. The molecule has 4 rings (SSSR count). The SMILES string of the molecule is CC(C)c1cnn2c(N(Cc3cccc([N+](=O)[O-])c3)C(=O)OC(C)(C)C)cc(O[C@@H]3CCCN(C(=O)OC(C)(C)C)C3)nc12. The Morgan fingerprint density at radius 2 is 1.82 bits per heavy atom. The summed E-state index contributed by atoms with van der Waals surface area (Å²) in [6, 6.07) is 7.70. The molecule has 0 N–H and O–H groups in total. The third kappa shape index (κ3) is 8.14. The highest BCUT2D eigenvalue weighted by Gasteiger charge is 2.31. The average Bonchev–Trinajstić information content (AvgIpc) is 3.34. The van der Waals surface area contributed by atoms with Crippen LogP contribution >= 0.6 is 0 Å². The fourth-order valence-electron chi connectivity index (χ4n) is 4.81. The van der Waals surface area contributed by atoms with Gasteiger partial charge in [0.15, 0.2) is 5.65 Å². The van der Waals surface area contributed by atoms with Crippen LogP contribution in [0.15, 0.2) is 36.5 Å². The van der Waals surface area contributed by atoms with E-state index in [2.05, 4.69) is 5.10 Å². The van der Waals surface area contributed by atoms with Crippen LogP contribution in [0.3, 0.4) is 0 Å². The number of ether oxygens (including phenoxy) is 3. The second-order valence-electron chi connectivity index (χ2n) is 13.2. The predicted molar refractivity (Wildman–Crippen MR) is 164 cm³/mol. The zero-order valence-corrected chi connectivity index (χ0v) is 26.7. The largest absolute Gasteiger partial charge is 0.472 e. The number of benzene rings is 1. The van der Waals surface area contributed by atoms with Crippen LogP contribution in [0, 0.1) is 10.1 Å². The van der Waals surface area contributed by atoms with Gasteiger partial charge >= 0.3 is 12.2 Å². The Kier molecular flexibility index (Phi) is 9.36. The highest BCUT2D eigenvalue weighted by Crippen LogP contribution is 2.31. The number of hydrogen-bond donors (Lipinski definition) is 0. The van der Waals surface area contributed by atoms with E-state index in [1.165, 1.54) is 17.0 Å². The summed E-state index contributed by atoms with van der Waals surface area (Å²) in [6.45, 7) is 15.6. The summed E-state index contributed by atoms with van der Waals surface area (Å²) in [7, 11) is 0. The molecule has 0 aliphatic carbocycles. The Hall–Kier alpha value is -4.42. The molecule has 0 radical (unpaired) electrons. The summed E-state index contributed by atoms with van der Waals surface area (Å²) in [5, 5.41) is 16.0. The maximum Gasteiger partial charge on any atom is 0.416 e. The van der Waals surface area contributed by atoms with Gasteiger partial charge in [-0.05, 0) is 65.9 Å². The monoisotopic (exact) mass is 610 g/mol. The number of amides is 2. The standard InChI is InChI=1S/C31H42N6O7/c1-20(2)24-17-32-36-26(35(29(39)44-31(6,7)8)18-21-11-9-12-22(15-21)37(40)41)16-25(33-27(24)36)42-23-13-10-14-34(19-23)28(38)43-30(3,4)5/h9,11-12,15-17,20,23H,10,13-14,18-19H2,1-8H3/t23-/m1/s1. The van der Waals surface area contributed by atoms with Crippen molar-refractivity contribution in [2.24, 2.45) is 0 Å². The number of fused-ring (bicyclic) bond motifs is 1. The number of likely N-dealkylation sites (tertiary alicyclic amines) is 1. The molecule has 44 heavy (non-hydrogen) atoms. The molecule has 1 aliphatic heterocycles. The summed E-state index contributed by atoms with van der Waals surface area (Å²) >= 11 is 0. The molecule has 238 valence electrons. The van der Waals surface area contributed by atoms with Gasteiger partial charge in [-0.15, -0.1) is 0 Å². The van der Waals surface area contributed by atoms with Gasteiger partial charge in [-0.25, -0.2) is 9.59 Å². The Labute approximate surface area is 257 Å². The van der Waals surface area contributed by atoms with Gasteiger partial charge in [-0.3, -0.25) is 15.0 Å². The van der Waals surface area contributed by atoms with Crippen LogP contribution in [-0.2, 0) is 16.0 Å². The normalized spacial score (nSPS) is 15.8. The smallest absolute Gasteiger partial charge is 0.416 e. The molecule has 2 aromatic heterocycles. The Bertz CT molecular complexity index is 1520. The number of piperidine rings is 1. The Balaban J connectivity index is 1.75. The number of nitro groups is 1. The third-order valence-corrected chi connectivity index (χ3v) is 6.75. The van der Waals surface area contributed by atoms with Crippen LogP contribution in [0.25, 0.3) is 5.65 Å². The topological polar surface area (TPSA) is 142 Å². The lowest BCUT2D eigenvalue weighted by Gasteiger charge is -2.34. The van der Waals surface area contributed by atoms with E-state index < -0.39 is 28.3 Å². The van der Waals surface area contributed by atoms with Crippen molar-refractivity contribution in [1.82, 2.24) is 19.5 Å². The van der Waals surface area contributed by atoms with Gasteiger partial charge in [0.25, 0.3) is 5.69 Å². The van der Waals surface area contributed by atoms with Gasteiger partial charge in [-0.1, -0.05) is 26.0 Å². The van der Waals surface area contributed by atoms with Crippen molar-refractivity contribution in [1.29, 1.82) is 0 Å². The summed E-state index contributed by atoms with van der Waals surface area (Å²) in [5.74, 6) is 0.628. The summed E-state index contributed by atoms with van der Waals surface area (Å²) in [4.78, 5) is 45.2. The number of non-ortho nitro benzene ring substituents is 1. The van der Waals surface area contributed by atoms with Crippen molar-refractivity contribution >= 4 is 29.3 Å². The van der Waals surface area contributed by atoms with Crippen LogP contribution < -0.4 is 9.64 Å². The second-order valence-corrected chi connectivity index (χ2v) is 13.2. The van der Waals surface area contributed by atoms with Crippen LogP contribution in [0.1, 0.15) is 85.3 Å². The van der Waals surface area contributed by atoms with Crippen molar-refractivity contribution in [3.8, 4) is 5.88 Å². The van der Waals surface area contributed by atoms with Gasteiger partial charge in [-0.2, -0.15) is 14.6 Å². The van der Waals surface area contributed by atoms with Gasteiger partial charge < -0.3 is 19.1 Å². The first kappa shape index (κ1) is 32.5. The van der Waals surface area contributed by atoms with Gasteiger partial charge in [0, 0.05) is 30.3 Å². The molecule has 1 saturated heterocycles. The summed E-state index contributed by atoms with van der Waals surface area (Å²) in [5.41, 5.74) is 0.336. The molecule has 3 heterocycles. The predicted octanol–water partition coefficient (Wildman–Crippen LogP) is 6.48.